The number of hydrogen-bond donors (Lipinski definition) is 0. The van der Waals surface area contributed by atoms with Crippen molar-refractivity contribution < 1.29 is 9.59 Å². The second kappa shape index (κ2) is 3.01. The first-order valence-corrected chi connectivity index (χ1v) is 5.22. The Morgan fingerprint density at radius 2 is 2.06 bits per heavy atom. The molecule has 0 saturated heterocycles. The van der Waals surface area contributed by atoms with E-state index >= 15 is 0 Å². The molecule has 1 saturated carbocycles. The summed E-state index contributed by atoms with van der Waals surface area (Å²) in [6, 6.07) is 4.81. The molecule has 16 heavy (non-hydrogen) atoms. The first-order valence-electron chi connectivity index (χ1n) is 5.22. The average molecular weight is 214 g/mol. The van der Waals surface area contributed by atoms with Crippen molar-refractivity contribution in [2.45, 2.75) is 18.9 Å². The topological polar surface area (TPSA) is 49.7 Å². The van der Waals surface area contributed by atoms with E-state index in [9.17, 15) is 9.59 Å². The van der Waals surface area contributed by atoms with Gasteiger partial charge in [0.05, 0.1) is 10.9 Å². The lowest BCUT2D eigenvalue weighted by atomic mass is 10.1. The number of carbonyl (C=O) groups excluding carboxylic acids is 2. The van der Waals surface area contributed by atoms with Crippen molar-refractivity contribution >= 4 is 18.5 Å². The standard InChI is InChI=1S/C12H10N2O2/c1-7-3-2-4-9-10(7)13-12(16)14(11(9)15)8-5-6-8/h2-4,8H,1,5-6H2. The second-order valence-corrected chi connectivity index (χ2v) is 4.11. The Morgan fingerprint density at radius 3 is 2.75 bits per heavy atom. The third-order valence-corrected chi connectivity index (χ3v) is 2.89. The monoisotopic (exact) mass is 214 g/mol. The summed E-state index contributed by atoms with van der Waals surface area (Å²) in [6.45, 7) is 3.77. The van der Waals surface area contributed by atoms with Crippen LogP contribution in [0.15, 0.2) is 23.2 Å². The fraction of sp³-hybridized carbons (Fsp3) is 0.250. The van der Waals surface area contributed by atoms with Crippen LogP contribution in [-0.2, 0) is 0 Å². The van der Waals surface area contributed by atoms with Gasteiger partial charge in [-0.3, -0.25) is 9.69 Å². The predicted octanol–water partition coefficient (Wildman–Crippen LogP) is 0.455. The molecule has 0 aromatic heterocycles. The molecule has 4 heteroatoms. The van der Waals surface area contributed by atoms with Crippen LogP contribution in [0, 0.1) is 0 Å². The summed E-state index contributed by atoms with van der Waals surface area (Å²) in [4.78, 5) is 29.0. The fourth-order valence-corrected chi connectivity index (χ4v) is 1.92. The van der Waals surface area contributed by atoms with Gasteiger partial charge in [-0.2, -0.15) is 4.99 Å². The number of urea groups is 1. The number of imide groups is 1. The Morgan fingerprint density at radius 1 is 1.31 bits per heavy atom. The van der Waals surface area contributed by atoms with Crippen LogP contribution in [0.3, 0.4) is 0 Å². The Balaban J connectivity index is 2.24. The van der Waals surface area contributed by atoms with Crippen LogP contribution in [0.5, 0.6) is 0 Å². The summed E-state index contributed by atoms with van der Waals surface area (Å²) in [7, 11) is 0. The largest absolute Gasteiger partial charge is 0.351 e. The van der Waals surface area contributed by atoms with Crippen LogP contribution in [-0.4, -0.2) is 22.9 Å². The van der Waals surface area contributed by atoms with E-state index in [0.29, 0.717) is 16.1 Å². The van der Waals surface area contributed by atoms with Crippen LogP contribution in [0.4, 0.5) is 4.79 Å². The van der Waals surface area contributed by atoms with Crippen LogP contribution < -0.4 is 10.6 Å². The molecule has 2 aliphatic rings. The number of amides is 3. The molecule has 1 aliphatic carbocycles. The summed E-state index contributed by atoms with van der Waals surface area (Å²) < 4.78 is 0. The quantitative estimate of drug-likeness (QED) is 0.681. The Labute approximate surface area is 91.9 Å². The van der Waals surface area contributed by atoms with Crippen molar-refractivity contribution in [3.05, 3.63) is 34.3 Å². The highest BCUT2D eigenvalue weighted by Crippen LogP contribution is 2.29. The minimum atomic E-state index is -0.448. The molecule has 1 aromatic rings. The molecule has 0 N–H and O–H groups in total. The van der Waals surface area contributed by atoms with E-state index in [-0.39, 0.29) is 11.9 Å². The first-order chi connectivity index (χ1) is 7.68. The van der Waals surface area contributed by atoms with Gasteiger partial charge >= 0.3 is 6.03 Å². The van der Waals surface area contributed by atoms with Gasteiger partial charge in [-0.15, -0.1) is 0 Å². The molecule has 3 amide bonds. The number of nitrogens with zero attached hydrogens (tertiary/aromatic N) is 2. The van der Waals surface area contributed by atoms with Crippen LogP contribution in [0.25, 0.3) is 6.58 Å². The van der Waals surface area contributed by atoms with Gasteiger partial charge in [0.2, 0.25) is 0 Å². The van der Waals surface area contributed by atoms with Crippen molar-refractivity contribution in [2.75, 3.05) is 0 Å². The average Bonchev–Trinajstić information content (AvgIpc) is 3.04. The van der Waals surface area contributed by atoms with Gasteiger partial charge in [0.25, 0.3) is 5.91 Å². The number of fused-ring (bicyclic) bond motifs is 1. The fourth-order valence-electron chi connectivity index (χ4n) is 1.92. The summed E-state index contributed by atoms with van der Waals surface area (Å²) in [6.07, 6.45) is 1.79. The SMILES string of the molecule is C=c1cccc2c1=NC(=O)N(C1CC1)C2=O. The van der Waals surface area contributed by atoms with Crippen molar-refractivity contribution in [2.24, 2.45) is 4.99 Å². The van der Waals surface area contributed by atoms with E-state index in [0.717, 1.165) is 12.8 Å². The lowest BCUT2D eigenvalue weighted by molar-refractivity contribution is 0.0788. The summed E-state index contributed by atoms with van der Waals surface area (Å²) in [5.74, 6) is -0.233. The number of para-hydroxylation sites is 1. The molecule has 4 nitrogen and oxygen atoms in total. The van der Waals surface area contributed by atoms with E-state index in [4.69, 9.17) is 0 Å². The molecule has 0 bridgehead atoms. The highest BCUT2D eigenvalue weighted by Gasteiger charge is 2.39. The molecule has 0 radical (unpaired) electrons. The normalized spacial score (nSPS) is 19.4. The Bertz CT molecular complexity index is 602. The highest BCUT2D eigenvalue weighted by molar-refractivity contribution is 6.07. The van der Waals surface area contributed by atoms with Crippen molar-refractivity contribution in [3.63, 3.8) is 0 Å². The Hall–Kier alpha value is -1.97. The second-order valence-electron chi connectivity index (χ2n) is 4.11. The number of carbonyl (C=O) groups is 2. The van der Waals surface area contributed by atoms with Crippen LogP contribution in [0.2, 0.25) is 0 Å². The van der Waals surface area contributed by atoms with Crippen molar-refractivity contribution in [1.29, 1.82) is 0 Å². The van der Waals surface area contributed by atoms with E-state index in [1.54, 1.807) is 18.2 Å². The maximum absolute atomic E-state index is 12.1. The number of benzene rings is 1. The lowest BCUT2D eigenvalue weighted by Crippen LogP contribution is -2.47. The summed E-state index contributed by atoms with van der Waals surface area (Å²) in [5.41, 5.74) is 0.485. The maximum atomic E-state index is 12.1. The molecule has 1 aromatic carbocycles. The van der Waals surface area contributed by atoms with E-state index in [2.05, 4.69) is 11.6 Å². The van der Waals surface area contributed by atoms with Crippen LogP contribution >= 0.6 is 0 Å². The van der Waals surface area contributed by atoms with Gasteiger partial charge in [-0.25, -0.2) is 4.79 Å². The zero-order chi connectivity index (χ0) is 11.3. The highest BCUT2D eigenvalue weighted by atomic mass is 16.2. The van der Waals surface area contributed by atoms with Crippen molar-refractivity contribution in [3.8, 4) is 0 Å². The minimum Gasteiger partial charge on any atom is -0.268 e. The van der Waals surface area contributed by atoms with E-state index < -0.39 is 6.03 Å². The number of rotatable bonds is 1. The zero-order valence-electron chi connectivity index (χ0n) is 8.64. The molecule has 80 valence electrons. The zero-order valence-corrected chi connectivity index (χ0v) is 8.64. The molecule has 1 fully saturated rings. The molecule has 1 aliphatic heterocycles. The van der Waals surface area contributed by atoms with Gasteiger partial charge in [0.1, 0.15) is 0 Å². The van der Waals surface area contributed by atoms with Gasteiger partial charge in [-0.05, 0) is 24.1 Å². The molecule has 3 rings (SSSR count). The predicted molar refractivity (Wildman–Crippen MR) is 57.3 cm³/mol. The summed E-state index contributed by atoms with van der Waals surface area (Å²) >= 11 is 0. The third kappa shape index (κ3) is 1.19. The maximum Gasteiger partial charge on any atom is 0.351 e. The molecular formula is C12H10N2O2. The van der Waals surface area contributed by atoms with Gasteiger partial charge in [0.15, 0.2) is 0 Å². The first kappa shape index (κ1) is 9.27. The van der Waals surface area contributed by atoms with Gasteiger partial charge in [-0.1, -0.05) is 18.7 Å². The van der Waals surface area contributed by atoms with Gasteiger partial charge < -0.3 is 0 Å². The van der Waals surface area contributed by atoms with Crippen LogP contribution in [0.1, 0.15) is 23.2 Å². The van der Waals surface area contributed by atoms with Gasteiger partial charge in [0, 0.05) is 6.04 Å². The van der Waals surface area contributed by atoms with E-state index in [1.807, 2.05) is 0 Å². The third-order valence-electron chi connectivity index (χ3n) is 2.89. The molecule has 1 heterocycles. The Kier molecular flexibility index (Phi) is 1.74. The smallest absolute Gasteiger partial charge is 0.268 e. The molecule has 0 atom stereocenters. The molecule has 0 spiro atoms. The molecular weight excluding hydrogens is 204 g/mol. The molecule has 0 unspecified atom stereocenters. The summed E-state index contributed by atoms with van der Waals surface area (Å²) in [5, 5.41) is 1.05. The number of hydrogen-bond acceptors (Lipinski definition) is 2. The van der Waals surface area contributed by atoms with Crippen molar-refractivity contribution in [1.82, 2.24) is 4.90 Å². The van der Waals surface area contributed by atoms with E-state index in [1.165, 1.54) is 4.90 Å². The minimum absolute atomic E-state index is 0.0605. The lowest BCUT2D eigenvalue weighted by Gasteiger charge is -2.21.